The molecular weight excluding hydrogens is 474 g/mol. The Morgan fingerprint density at radius 1 is 1.29 bits per heavy atom. The number of fused-ring (bicyclic) bond motifs is 1. The molecule has 3 aromatic heterocycles. The molecule has 4 aromatic rings. The normalized spacial score (nSPS) is 12.4. The molecule has 178 valence electrons. The molecule has 34 heavy (non-hydrogen) atoms. The predicted molar refractivity (Wildman–Crippen MR) is 134 cm³/mol. The van der Waals surface area contributed by atoms with Gasteiger partial charge in [-0.25, -0.2) is 0 Å². The first-order valence-electron chi connectivity index (χ1n) is 10.8. The second-order valence-electron chi connectivity index (χ2n) is 8.33. The minimum atomic E-state index is -0.585. The van der Waals surface area contributed by atoms with E-state index in [1.807, 2.05) is 41.6 Å². The summed E-state index contributed by atoms with van der Waals surface area (Å²) < 4.78 is 7.65. The Morgan fingerprint density at radius 3 is 2.76 bits per heavy atom. The van der Waals surface area contributed by atoms with E-state index in [1.54, 1.807) is 36.0 Å². The Morgan fingerprint density at radius 2 is 2.06 bits per heavy atom. The van der Waals surface area contributed by atoms with E-state index in [0.29, 0.717) is 47.1 Å². The lowest BCUT2D eigenvalue weighted by molar-refractivity contribution is -0.120. The number of hydrogen-bond donors (Lipinski definition) is 2. The number of carbonyl (C=O) groups is 1. The van der Waals surface area contributed by atoms with E-state index in [0.717, 1.165) is 10.4 Å². The molecule has 3 heterocycles. The number of aliphatic hydroxyl groups is 1. The molecule has 2 N–H and O–H groups in total. The zero-order valence-electron chi connectivity index (χ0n) is 19.0. The lowest BCUT2D eigenvalue weighted by Crippen LogP contribution is -2.27. The van der Waals surface area contributed by atoms with Crippen molar-refractivity contribution in [1.82, 2.24) is 14.8 Å². The molecule has 0 spiro atoms. The molecule has 1 atom stereocenters. The number of furan rings is 1. The van der Waals surface area contributed by atoms with Crippen LogP contribution in [0.1, 0.15) is 27.9 Å². The summed E-state index contributed by atoms with van der Waals surface area (Å²) in [6.07, 6.45) is 1.03. The largest absolute Gasteiger partial charge is 0.443 e. The number of rotatable bonds is 9. The number of aromatic nitrogens is 1. The smallest absolute Gasteiger partial charge is 0.224 e. The fraction of sp³-hybridized carbons (Fsp3) is 0.280. The standard InChI is InChI=1S/C25H26ClN3O4S/c1-28(15-21(30)22-4-3-9-34-22)14-19-11-20-24(32)17(13-29(2)25(20)33-19)10-23(31)27-12-16-5-7-18(26)8-6-16/h3-9,11,13,21,30H,10,12,14-15H2,1-2H3,(H,27,31). The van der Waals surface area contributed by atoms with Crippen LogP contribution in [0.4, 0.5) is 0 Å². The van der Waals surface area contributed by atoms with Gasteiger partial charge in [-0.15, -0.1) is 11.3 Å². The van der Waals surface area contributed by atoms with Crippen LogP contribution in [-0.4, -0.2) is 34.1 Å². The molecule has 1 aromatic carbocycles. The highest BCUT2D eigenvalue weighted by Crippen LogP contribution is 2.22. The van der Waals surface area contributed by atoms with Gasteiger partial charge in [0, 0.05) is 41.8 Å². The third-order valence-corrected chi connectivity index (χ3v) is 6.73. The van der Waals surface area contributed by atoms with Crippen molar-refractivity contribution in [3.8, 4) is 0 Å². The molecule has 0 aliphatic carbocycles. The number of likely N-dealkylation sites (N-methyl/N-ethyl adjacent to an activating group) is 1. The molecule has 1 unspecified atom stereocenters. The van der Waals surface area contributed by atoms with Gasteiger partial charge in [-0.2, -0.15) is 0 Å². The van der Waals surface area contributed by atoms with Crippen molar-refractivity contribution in [2.24, 2.45) is 7.05 Å². The number of thiophene rings is 1. The Hall–Kier alpha value is -2.91. The highest BCUT2D eigenvalue weighted by atomic mass is 35.5. The van der Waals surface area contributed by atoms with E-state index in [-0.39, 0.29) is 17.8 Å². The molecule has 0 saturated carbocycles. The number of aliphatic hydroxyl groups excluding tert-OH is 1. The molecule has 0 aliphatic heterocycles. The summed E-state index contributed by atoms with van der Waals surface area (Å²) in [5, 5.41) is 16.2. The summed E-state index contributed by atoms with van der Waals surface area (Å²) in [6.45, 7) is 1.23. The molecule has 0 radical (unpaired) electrons. The van der Waals surface area contributed by atoms with Crippen LogP contribution in [0.15, 0.2) is 63.3 Å². The van der Waals surface area contributed by atoms with Crippen molar-refractivity contribution in [2.45, 2.75) is 25.6 Å². The number of pyridine rings is 1. The van der Waals surface area contributed by atoms with Crippen LogP contribution in [0.25, 0.3) is 11.1 Å². The molecule has 0 saturated heterocycles. The molecule has 0 fully saturated rings. The summed E-state index contributed by atoms with van der Waals surface area (Å²) in [4.78, 5) is 28.4. The van der Waals surface area contributed by atoms with Crippen LogP contribution in [0.3, 0.4) is 0 Å². The molecule has 9 heteroatoms. The molecule has 0 bridgehead atoms. The van der Waals surface area contributed by atoms with Crippen molar-refractivity contribution in [2.75, 3.05) is 13.6 Å². The number of amides is 1. The molecule has 0 aliphatic rings. The number of nitrogens with zero attached hydrogens (tertiary/aromatic N) is 2. The van der Waals surface area contributed by atoms with Gasteiger partial charge in [0.05, 0.1) is 18.4 Å². The number of nitrogens with one attached hydrogen (secondary N) is 1. The molecule has 4 rings (SSSR count). The Kier molecular flexibility index (Phi) is 7.53. The van der Waals surface area contributed by atoms with Crippen molar-refractivity contribution < 1.29 is 14.3 Å². The third kappa shape index (κ3) is 5.77. The maximum Gasteiger partial charge on any atom is 0.224 e. The zero-order chi connectivity index (χ0) is 24.2. The average Bonchev–Trinajstić information content (AvgIpc) is 3.47. The average molecular weight is 500 g/mol. The monoisotopic (exact) mass is 499 g/mol. The van der Waals surface area contributed by atoms with Crippen LogP contribution in [0.5, 0.6) is 0 Å². The minimum Gasteiger partial charge on any atom is -0.443 e. The van der Waals surface area contributed by atoms with Crippen molar-refractivity contribution >= 4 is 39.9 Å². The van der Waals surface area contributed by atoms with Crippen LogP contribution in [0, 0.1) is 0 Å². The summed E-state index contributed by atoms with van der Waals surface area (Å²) >= 11 is 7.40. The maximum atomic E-state index is 13.0. The van der Waals surface area contributed by atoms with Gasteiger partial charge < -0.3 is 19.4 Å². The van der Waals surface area contributed by atoms with E-state index < -0.39 is 6.10 Å². The maximum absolute atomic E-state index is 13.0. The van der Waals surface area contributed by atoms with Gasteiger partial charge in [-0.1, -0.05) is 29.8 Å². The van der Waals surface area contributed by atoms with Crippen LogP contribution in [0.2, 0.25) is 5.02 Å². The van der Waals surface area contributed by atoms with E-state index >= 15 is 0 Å². The topological polar surface area (TPSA) is 87.7 Å². The molecule has 1 amide bonds. The number of carbonyl (C=O) groups excluding carboxylic acids is 1. The fourth-order valence-electron chi connectivity index (χ4n) is 3.82. The van der Waals surface area contributed by atoms with E-state index in [9.17, 15) is 14.7 Å². The van der Waals surface area contributed by atoms with Gasteiger partial charge in [0.25, 0.3) is 0 Å². The minimum absolute atomic E-state index is 0.0242. The molecular formula is C25H26ClN3O4S. The van der Waals surface area contributed by atoms with Gasteiger partial charge in [-0.05, 0) is 42.3 Å². The van der Waals surface area contributed by atoms with E-state index in [2.05, 4.69) is 5.32 Å². The van der Waals surface area contributed by atoms with Gasteiger partial charge in [0.2, 0.25) is 11.6 Å². The third-order valence-electron chi connectivity index (χ3n) is 5.51. The number of benzene rings is 1. The quantitative estimate of drug-likeness (QED) is 0.365. The first-order chi connectivity index (χ1) is 16.3. The Bertz CT molecular complexity index is 1330. The first-order valence-corrected chi connectivity index (χ1v) is 12.1. The van der Waals surface area contributed by atoms with Crippen molar-refractivity contribution in [3.05, 3.63) is 91.1 Å². The summed E-state index contributed by atoms with van der Waals surface area (Å²) in [5.41, 5.74) is 1.56. The second-order valence-corrected chi connectivity index (χ2v) is 9.75. The second kappa shape index (κ2) is 10.6. The summed E-state index contributed by atoms with van der Waals surface area (Å²) in [5.74, 6) is 0.380. The van der Waals surface area contributed by atoms with Gasteiger partial charge in [-0.3, -0.25) is 14.5 Å². The highest BCUT2D eigenvalue weighted by molar-refractivity contribution is 7.10. The number of halogens is 1. The van der Waals surface area contributed by atoms with Gasteiger partial charge in [0.1, 0.15) is 11.9 Å². The Labute approximate surface area is 206 Å². The SMILES string of the molecule is CN(Cc1cc2c(=O)c(CC(=O)NCc3ccc(Cl)cc3)cn(C)c2o1)CC(O)c1cccs1. The summed E-state index contributed by atoms with van der Waals surface area (Å²) in [6, 6.07) is 12.8. The zero-order valence-corrected chi connectivity index (χ0v) is 20.5. The lowest BCUT2D eigenvalue weighted by Gasteiger charge is -2.18. The van der Waals surface area contributed by atoms with E-state index in [4.69, 9.17) is 16.0 Å². The van der Waals surface area contributed by atoms with Crippen LogP contribution < -0.4 is 10.7 Å². The number of aryl methyl sites for hydroxylation is 1. The number of hydrogen-bond acceptors (Lipinski definition) is 6. The predicted octanol–water partition coefficient (Wildman–Crippen LogP) is 3.87. The highest BCUT2D eigenvalue weighted by Gasteiger charge is 2.18. The van der Waals surface area contributed by atoms with Crippen LogP contribution >= 0.6 is 22.9 Å². The van der Waals surface area contributed by atoms with E-state index in [1.165, 1.54) is 11.3 Å². The van der Waals surface area contributed by atoms with Crippen molar-refractivity contribution in [3.63, 3.8) is 0 Å². The van der Waals surface area contributed by atoms with Gasteiger partial charge >= 0.3 is 0 Å². The first kappa shape index (κ1) is 24.2. The van der Waals surface area contributed by atoms with Crippen molar-refractivity contribution in [1.29, 1.82) is 0 Å². The Balaban J connectivity index is 1.43. The van der Waals surface area contributed by atoms with Crippen LogP contribution in [-0.2, 0) is 31.4 Å². The fourth-order valence-corrected chi connectivity index (χ4v) is 4.65. The van der Waals surface area contributed by atoms with Gasteiger partial charge in [0.15, 0.2) is 5.43 Å². The lowest BCUT2D eigenvalue weighted by atomic mass is 10.1. The molecule has 7 nitrogen and oxygen atoms in total. The summed E-state index contributed by atoms with van der Waals surface area (Å²) in [7, 11) is 3.67.